The summed E-state index contributed by atoms with van der Waals surface area (Å²) < 4.78 is 5.99. The Labute approximate surface area is 79.7 Å². The fraction of sp³-hybridized carbons (Fsp3) is 0.909. The van der Waals surface area contributed by atoms with Crippen molar-refractivity contribution in [2.75, 3.05) is 0 Å². The fourth-order valence-corrected chi connectivity index (χ4v) is 2.85. The maximum atomic E-state index is 10.9. The molecule has 1 aliphatic carbocycles. The molecule has 2 nitrogen and oxygen atoms in total. The quantitative estimate of drug-likeness (QED) is 0.582. The van der Waals surface area contributed by atoms with Crippen molar-refractivity contribution < 1.29 is 9.53 Å². The molecular formula is C11H18O2. The van der Waals surface area contributed by atoms with Crippen LogP contribution in [0.4, 0.5) is 0 Å². The predicted molar refractivity (Wildman–Crippen MR) is 50.5 cm³/mol. The van der Waals surface area contributed by atoms with Crippen molar-refractivity contribution in [1.29, 1.82) is 0 Å². The second-order valence-corrected chi connectivity index (χ2v) is 4.89. The Bertz CT molecular complexity index is 226. The summed E-state index contributed by atoms with van der Waals surface area (Å²) in [4.78, 5) is 10.9. The van der Waals surface area contributed by atoms with E-state index >= 15 is 0 Å². The summed E-state index contributed by atoms with van der Waals surface area (Å²) in [5.41, 5.74) is -0.436. The van der Waals surface area contributed by atoms with Crippen LogP contribution in [0.1, 0.15) is 46.0 Å². The Hall–Kier alpha value is -0.370. The first-order valence-electron chi connectivity index (χ1n) is 5.27. The minimum absolute atomic E-state index is 0.0513. The molecule has 0 N–H and O–H groups in total. The van der Waals surface area contributed by atoms with Crippen LogP contribution in [0.3, 0.4) is 0 Å². The van der Waals surface area contributed by atoms with Crippen LogP contribution in [0, 0.1) is 5.92 Å². The Kier molecular flexibility index (Phi) is 1.99. The molecule has 0 amide bonds. The van der Waals surface area contributed by atoms with Crippen molar-refractivity contribution in [1.82, 2.24) is 0 Å². The zero-order valence-electron chi connectivity index (χ0n) is 8.51. The van der Waals surface area contributed by atoms with Crippen molar-refractivity contribution in [3.63, 3.8) is 0 Å². The number of carbonyl (C=O) groups is 1. The fourth-order valence-electron chi connectivity index (χ4n) is 2.85. The number of aldehydes is 1. The molecule has 2 fully saturated rings. The molecule has 2 heteroatoms. The van der Waals surface area contributed by atoms with Crippen LogP contribution in [-0.2, 0) is 9.53 Å². The molecule has 3 atom stereocenters. The lowest BCUT2D eigenvalue weighted by Crippen LogP contribution is -2.36. The van der Waals surface area contributed by atoms with Crippen molar-refractivity contribution >= 4 is 6.29 Å². The molecule has 1 heterocycles. The highest BCUT2D eigenvalue weighted by molar-refractivity contribution is 5.62. The van der Waals surface area contributed by atoms with E-state index < -0.39 is 5.60 Å². The normalized spacial score (nSPS) is 50.2. The topological polar surface area (TPSA) is 26.3 Å². The summed E-state index contributed by atoms with van der Waals surface area (Å²) in [6.07, 6.45) is 6.62. The number of hydrogen-bond donors (Lipinski definition) is 0. The van der Waals surface area contributed by atoms with Gasteiger partial charge < -0.3 is 9.53 Å². The van der Waals surface area contributed by atoms with E-state index in [2.05, 4.69) is 6.92 Å². The van der Waals surface area contributed by atoms with E-state index in [0.29, 0.717) is 5.92 Å². The molecule has 0 radical (unpaired) electrons. The zero-order chi connectivity index (χ0) is 9.53. The van der Waals surface area contributed by atoms with Gasteiger partial charge in [0.1, 0.15) is 5.60 Å². The molecule has 1 saturated heterocycles. The van der Waals surface area contributed by atoms with E-state index in [-0.39, 0.29) is 5.60 Å². The Balaban J connectivity index is 2.16. The standard InChI is InChI=1S/C11H18O2/c1-9-4-3-5-11(9)7-6-10(2,8-12)13-11/h8-9H,3-7H2,1-2H3. The lowest BCUT2D eigenvalue weighted by atomic mass is 9.89. The smallest absolute Gasteiger partial charge is 0.151 e. The van der Waals surface area contributed by atoms with Gasteiger partial charge in [0.25, 0.3) is 0 Å². The summed E-state index contributed by atoms with van der Waals surface area (Å²) in [5, 5.41) is 0. The Morgan fingerprint density at radius 3 is 2.62 bits per heavy atom. The lowest BCUT2D eigenvalue weighted by molar-refractivity contribution is -0.142. The van der Waals surface area contributed by atoms with Crippen LogP contribution < -0.4 is 0 Å². The molecule has 13 heavy (non-hydrogen) atoms. The van der Waals surface area contributed by atoms with Crippen molar-refractivity contribution in [3.05, 3.63) is 0 Å². The molecule has 0 bridgehead atoms. The molecule has 1 spiro atoms. The molecule has 2 rings (SSSR count). The third-order valence-electron chi connectivity index (χ3n) is 3.87. The number of rotatable bonds is 1. The van der Waals surface area contributed by atoms with Gasteiger partial charge in [0.15, 0.2) is 6.29 Å². The molecule has 0 aromatic heterocycles. The third-order valence-corrected chi connectivity index (χ3v) is 3.87. The van der Waals surface area contributed by atoms with Gasteiger partial charge in [0, 0.05) is 0 Å². The first-order valence-corrected chi connectivity index (χ1v) is 5.27. The van der Waals surface area contributed by atoms with Gasteiger partial charge in [-0.2, -0.15) is 0 Å². The second-order valence-electron chi connectivity index (χ2n) is 4.89. The molecule has 0 aromatic rings. The Morgan fingerprint density at radius 1 is 1.38 bits per heavy atom. The van der Waals surface area contributed by atoms with E-state index in [1.807, 2.05) is 6.92 Å². The van der Waals surface area contributed by atoms with Crippen LogP contribution in [0.15, 0.2) is 0 Å². The van der Waals surface area contributed by atoms with Crippen LogP contribution in [0.25, 0.3) is 0 Å². The zero-order valence-corrected chi connectivity index (χ0v) is 8.51. The van der Waals surface area contributed by atoms with Gasteiger partial charge in [-0.1, -0.05) is 13.3 Å². The SMILES string of the molecule is CC1CCCC12CCC(C)(C=O)O2. The molecule has 1 saturated carbocycles. The van der Waals surface area contributed by atoms with E-state index in [1.54, 1.807) is 0 Å². The third kappa shape index (κ3) is 1.32. The van der Waals surface area contributed by atoms with Crippen molar-refractivity contribution in [2.24, 2.45) is 5.92 Å². The van der Waals surface area contributed by atoms with Gasteiger partial charge >= 0.3 is 0 Å². The summed E-state index contributed by atoms with van der Waals surface area (Å²) in [6, 6.07) is 0. The van der Waals surface area contributed by atoms with Gasteiger partial charge in [-0.05, 0) is 38.5 Å². The van der Waals surface area contributed by atoms with Gasteiger partial charge in [0.2, 0.25) is 0 Å². The minimum Gasteiger partial charge on any atom is -0.361 e. The summed E-state index contributed by atoms with van der Waals surface area (Å²) >= 11 is 0. The van der Waals surface area contributed by atoms with Crippen LogP contribution in [0.5, 0.6) is 0 Å². The number of hydrogen-bond acceptors (Lipinski definition) is 2. The molecular weight excluding hydrogens is 164 g/mol. The highest BCUT2D eigenvalue weighted by Gasteiger charge is 2.51. The molecule has 0 aromatic carbocycles. The first-order chi connectivity index (χ1) is 6.10. The summed E-state index contributed by atoms with van der Waals surface area (Å²) in [7, 11) is 0. The van der Waals surface area contributed by atoms with Crippen LogP contribution in [0.2, 0.25) is 0 Å². The van der Waals surface area contributed by atoms with Gasteiger partial charge in [-0.3, -0.25) is 0 Å². The first kappa shape index (κ1) is 9.20. The highest BCUT2D eigenvalue weighted by atomic mass is 16.5. The van der Waals surface area contributed by atoms with Crippen LogP contribution >= 0.6 is 0 Å². The van der Waals surface area contributed by atoms with Crippen molar-refractivity contribution in [3.8, 4) is 0 Å². The number of carbonyl (C=O) groups excluding carboxylic acids is 1. The lowest BCUT2D eigenvalue weighted by Gasteiger charge is -2.30. The van der Waals surface area contributed by atoms with E-state index in [0.717, 1.165) is 25.5 Å². The molecule has 74 valence electrons. The monoisotopic (exact) mass is 182 g/mol. The van der Waals surface area contributed by atoms with Crippen LogP contribution in [-0.4, -0.2) is 17.5 Å². The van der Waals surface area contributed by atoms with E-state index in [1.165, 1.54) is 12.8 Å². The maximum absolute atomic E-state index is 10.9. The van der Waals surface area contributed by atoms with Gasteiger partial charge in [0.05, 0.1) is 5.60 Å². The van der Waals surface area contributed by atoms with E-state index in [9.17, 15) is 4.79 Å². The van der Waals surface area contributed by atoms with E-state index in [4.69, 9.17) is 4.74 Å². The minimum atomic E-state index is -0.487. The van der Waals surface area contributed by atoms with Gasteiger partial charge in [-0.25, -0.2) is 0 Å². The average molecular weight is 182 g/mol. The Morgan fingerprint density at radius 2 is 2.15 bits per heavy atom. The second kappa shape index (κ2) is 2.81. The predicted octanol–water partition coefficient (Wildman–Crippen LogP) is 2.31. The maximum Gasteiger partial charge on any atom is 0.151 e. The van der Waals surface area contributed by atoms with Gasteiger partial charge in [-0.15, -0.1) is 0 Å². The molecule has 2 aliphatic rings. The number of ether oxygens (including phenoxy) is 1. The van der Waals surface area contributed by atoms with Crippen molar-refractivity contribution in [2.45, 2.75) is 57.2 Å². The molecule has 1 aliphatic heterocycles. The summed E-state index contributed by atoms with van der Waals surface area (Å²) in [5.74, 6) is 0.634. The largest absolute Gasteiger partial charge is 0.361 e. The average Bonchev–Trinajstić information content (AvgIpc) is 2.62. The molecule has 3 unspecified atom stereocenters. The highest BCUT2D eigenvalue weighted by Crippen LogP contribution is 2.49. The summed E-state index contributed by atoms with van der Waals surface area (Å²) in [6.45, 7) is 4.17.